The minimum atomic E-state index is 0.251. The molecule has 1 heterocycles. The molecule has 0 aromatic rings. The lowest BCUT2D eigenvalue weighted by Gasteiger charge is -2.25. The Labute approximate surface area is 100 Å². The van der Waals surface area contributed by atoms with Gasteiger partial charge in [-0.25, -0.2) is 0 Å². The summed E-state index contributed by atoms with van der Waals surface area (Å²) in [5.74, 6) is 0.640. The highest BCUT2D eigenvalue weighted by atomic mass is 16.3. The normalized spacial score (nSPS) is 24.9. The molecule has 3 heteroatoms. The third-order valence-electron chi connectivity index (χ3n) is 3.30. The first-order chi connectivity index (χ1) is 7.61. The predicted octanol–water partition coefficient (Wildman–Crippen LogP) is 1.51. The number of aliphatic hydroxyl groups excluding tert-OH is 1. The second-order valence-electron chi connectivity index (χ2n) is 5.61. The SMILES string of the molecule is CC(C)CC(CO)NC(C)CC1CCCN1. The minimum Gasteiger partial charge on any atom is -0.395 e. The zero-order chi connectivity index (χ0) is 12.0. The summed E-state index contributed by atoms with van der Waals surface area (Å²) >= 11 is 0. The number of hydrogen-bond donors (Lipinski definition) is 3. The Morgan fingerprint density at radius 3 is 2.62 bits per heavy atom. The Hall–Kier alpha value is -0.120. The van der Waals surface area contributed by atoms with Crippen LogP contribution in [0.1, 0.15) is 46.5 Å². The summed E-state index contributed by atoms with van der Waals surface area (Å²) in [6.45, 7) is 8.05. The third-order valence-corrected chi connectivity index (χ3v) is 3.30. The molecule has 3 atom stereocenters. The van der Waals surface area contributed by atoms with Gasteiger partial charge in [0.2, 0.25) is 0 Å². The number of hydrogen-bond acceptors (Lipinski definition) is 3. The van der Waals surface area contributed by atoms with Crippen LogP contribution in [0.25, 0.3) is 0 Å². The topological polar surface area (TPSA) is 44.3 Å². The quantitative estimate of drug-likeness (QED) is 0.619. The zero-order valence-corrected chi connectivity index (χ0v) is 11.0. The first kappa shape index (κ1) is 13.9. The Bertz CT molecular complexity index is 179. The van der Waals surface area contributed by atoms with Crippen molar-refractivity contribution in [2.24, 2.45) is 5.92 Å². The van der Waals surface area contributed by atoms with Crippen LogP contribution < -0.4 is 10.6 Å². The van der Waals surface area contributed by atoms with Gasteiger partial charge in [0.15, 0.2) is 0 Å². The van der Waals surface area contributed by atoms with Crippen LogP contribution in [0.15, 0.2) is 0 Å². The van der Waals surface area contributed by atoms with Gasteiger partial charge in [-0.05, 0) is 45.1 Å². The summed E-state index contributed by atoms with van der Waals surface area (Å²) in [5, 5.41) is 16.4. The molecular formula is C13H28N2O. The molecule has 0 spiro atoms. The van der Waals surface area contributed by atoms with E-state index in [4.69, 9.17) is 0 Å². The lowest BCUT2D eigenvalue weighted by atomic mass is 10.0. The van der Waals surface area contributed by atoms with Gasteiger partial charge < -0.3 is 15.7 Å². The highest BCUT2D eigenvalue weighted by molar-refractivity contribution is 4.80. The molecule has 0 saturated carbocycles. The van der Waals surface area contributed by atoms with Crippen LogP contribution in [0.3, 0.4) is 0 Å². The fourth-order valence-electron chi connectivity index (χ4n) is 2.62. The summed E-state index contributed by atoms with van der Waals surface area (Å²) in [4.78, 5) is 0. The number of nitrogens with one attached hydrogen (secondary N) is 2. The van der Waals surface area contributed by atoms with E-state index in [1.54, 1.807) is 0 Å². The molecule has 1 aliphatic rings. The third kappa shape index (κ3) is 5.28. The number of aliphatic hydroxyl groups is 1. The van der Waals surface area contributed by atoms with Gasteiger partial charge in [0.05, 0.1) is 6.61 Å². The van der Waals surface area contributed by atoms with E-state index >= 15 is 0 Å². The van der Waals surface area contributed by atoms with E-state index in [-0.39, 0.29) is 12.6 Å². The van der Waals surface area contributed by atoms with Crippen molar-refractivity contribution >= 4 is 0 Å². The Balaban J connectivity index is 2.21. The first-order valence-electron chi connectivity index (χ1n) is 6.72. The molecule has 0 radical (unpaired) electrons. The van der Waals surface area contributed by atoms with Crippen LogP contribution in [-0.2, 0) is 0 Å². The van der Waals surface area contributed by atoms with Crippen LogP contribution >= 0.6 is 0 Å². The Kier molecular flexibility index (Phi) is 6.32. The fraction of sp³-hybridized carbons (Fsp3) is 1.00. The molecule has 3 unspecified atom stereocenters. The van der Waals surface area contributed by atoms with Crippen molar-refractivity contribution in [3.63, 3.8) is 0 Å². The van der Waals surface area contributed by atoms with E-state index in [1.807, 2.05) is 0 Å². The maximum Gasteiger partial charge on any atom is 0.0584 e. The van der Waals surface area contributed by atoms with Crippen molar-refractivity contribution < 1.29 is 5.11 Å². The van der Waals surface area contributed by atoms with E-state index < -0.39 is 0 Å². The van der Waals surface area contributed by atoms with E-state index in [0.29, 0.717) is 18.0 Å². The number of rotatable bonds is 7. The second kappa shape index (κ2) is 7.25. The van der Waals surface area contributed by atoms with Gasteiger partial charge >= 0.3 is 0 Å². The van der Waals surface area contributed by atoms with Crippen LogP contribution in [0.4, 0.5) is 0 Å². The molecule has 3 N–H and O–H groups in total. The summed E-state index contributed by atoms with van der Waals surface area (Å²) in [7, 11) is 0. The van der Waals surface area contributed by atoms with Gasteiger partial charge in [0.25, 0.3) is 0 Å². The van der Waals surface area contributed by atoms with Crippen LogP contribution in [0, 0.1) is 5.92 Å². The molecule has 16 heavy (non-hydrogen) atoms. The lowest BCUT2D eigenvalue weighted by molar-refractivity contribution is 0.210. The molecule has 0 aromatic carbocycles. The minimum absolute atomic E-state index is 0.251. The molecule has 1 saturated heterocycles. The van der Waals surface area contributed by atoms with E-state index in [0.717, 1.165) is 6.42 Å². The van der Waals surface area contributed by atoms with Crippen molar-refractivity contribution in [2.45, 2.75) is 64.6 Å². The van der Waals surface area contributed by atoms with E-state index in [1.165, 1.54) is 25.8 Å². The molecule has 0 amide bonds. The van der Waals surface area contributed by atoms with Gasteiger partial charge in [-0.3, -0.25) is 0 Å². The Morgan fingerprint density at radius 1 is 1.38 bits per heavy atom. The maximum atomic E-state index is 9.31. The molecule has 3 nitrogen and oxygen atoms in total. The van der Waals surface area contributed by atoms with Crippen LogP contribution in [0.5, 0.6) is 0 Å². The second-order valence-corrected chi connectivity index (χ2v) is 5.61. The highest BCUT2D eigenvalue weighted by Gasteiger charge is 2.19. The standard InChI is InChI=1S/C13H28N2O/c1-10(2)7-13(9-16)15-11(3)8-12-5-4-6-14-12/h10-16H,4-9H2,1-3H3. The largest absolute Gasteiger partial charge is 0.395 e. The van der Waals surface area contributed by atoms with Crippen LogP contribution in [-0.4, -0.2) is 36.4 Å². The van der Waals surface area contributed by atoms with Crippen molar-refractivity contribution in [2.75, 3.05) is 13.2 Å². The molecule has 1 aliphatic heterocycles. The van der Waals surface area contributed by atoms with E-state index in [9.17, 15) is 5.11 Å². The smallest absolute Gasteiger partial charge is 0.0584 e. The maximum absolute atomic E-state index is 9.31. The summed E-state index contributed by atoms with van der Waals surface area (Å²) < 4.78 is 0. The lowest BCUT2D eigenvalue weighted by Crippen LogP contribution is -2.42. The molecule has 0 aliphatic carbocycles. The Morgan fingerprint density at radius 2 is 2.12 bits per heavy atom. The average Bonchev–Trinajstić information content (AvgIpc) is 2.68. The average molecular weight is 228 g/mol. The zero-order valence-electron chi connectivity index (χ0n) is 11.0. The molecule has 96 valence electrons. The van der Waals surface area contributed by atoms with Crippen molar-refractivity contribution in [3.05, 3.63) is 0 Å². The predicted molar refractivity (Wildman–Crippen MR) is 68.6 cm³/mol. The highest BCUT2D eigenvalue weighted by Crippen LogP contribution is 2.12. The molecule has 1 rings (SSSR count). The monoisotopic (exact) mass is 228 g/mol. The van der Waals surface area contributed by atoms with E-state index in [2.05, 4.69) is 31.4 Å². The van der Waals surface area contributed by atoms with Gasteiger partial charge in [0, 0.05) is 18.1 Å². The summed E-state index contributed by atoms with van der Waals surface area (Å²) in [6, 6.07) is 1.43. The summed E-state index contributed by atoms with van der Waals surface area (Å²) in [5.41, 5.74) is 0. The summed E-state index contributed by atoms with van der Waals surface area (Å²) in [6.07, 6.45) is 4.85. The van der Waals surface area contributed by atoms with Crippen molar-refractivity contribution in [3.8, 4) is 0 Å². The van der Waals surface area contributed by atoms with Gasteiger partial charge in [-0.2, -0.15) is 0 Å². The van der Waals surface area contributed by atoms with Gasteiger partial charge in [0.1, 0.15) is 0 Å². The first-order valence-corrected chi connectivity index (χ1v) is 6.72. The molecule has 0 aromatic heterocycles. The van der Waals surface area contributed by atoms with Crippen LogP contribution in [0.2, 0.25) is 0 Å². The molecular weight excluding hydrogens is 200 g/mol. The van der Waals surface area contributed by atoms with Crippen molar-refractivity contribution in [1.82, 2.24) is 10.6 Å². The van der Waals surface area contributed by atoms with Crippen molar-refractivity contribution in [1.29, 1.82) is 0 Å². The van der Waals surface area contributed by atoms with Gasteiger partial charge in [-0.15, -0.1) is 0 Å². The fourth-order valence-corrected chi connectivity index (χ4v) is 2.62. The molecule has 0 bridgehead atoms. The molecule has 1 fully saturated rings. The van der Waals surface area contributed by atoms with Gasteiger partial charge in [-0.1, -0.05) is 13.8 Å².